The maximum Gasteiger partial charge on any atom is 0.305 e. The molecule has 2 rings (SSSR count). The number of methoxy groups -OCH3 is 1. The summed E-state index contributed by atoms with van der Waals surface area (Å²) in [5.41, 5.74) is 3.32. The Balaban J connectivity index is 2.24. The zero-order valence-electron chi connectivity index (χ0n) is 12.4. The third-order valence-corrected chi connectivity index (χ3v) is 3.21. The number of hydrogen-bond acceptors (Lipinski definition) is 6. The van der Waals surface area contributed by atoms with Crippen LogP contribution in [0.25, 0.3) is 0 Å². The first-order valence-electron chi connectivity index (χ1n) is 6.84. The summed E-state index contributed by atoms with van der Waals surface area (Å²) in [7, 11) is 1.28. The van der Waals surface area contributed by atoms with Crippen LogP contribution < -0.4 is 10.4 Å². The number of ketones is 1. The maximum atomic E-state index is 12.5. The number of aliphatic imine (C=N–C) groups is 1. The molecule has 0 saturated heterocycles. The van der Waals surface area contributed by atoms with Crippen molar-refractivity contribution in [1.82, 2.24) is 5.43 Å². The molecule has 1 N–H and O–H groups in total. The van der Waals surface area contributed by atoms with Crippen LogP contribution in [0, 0.1) is 0 Å². The SMILES string of the molecule is COC(=O)CCC1N=C(C(C)=O)NN(c2ccccc2)C1=O. The topological polar surface area (TPSA) is 88.1 Å². The summed E-state index contributed by atoms with van der Waals surface area (Å²) < 4.78 is 4.57. The third-order valence-electron chi connectivity index (χ3n) is 3.21. The van der Waals surface area contributed by atoms with Crippen molar-refractivity contribution in [3.05, 3.63) is 30.3 Å². The van der Waals surface area contributed by atoms with Crippen LogP contribution in [0.2, 0.25) is 0 Å². The predicted molar refractivity (Wildman–Crippen MR) is 80.2 cm³/mol. The second-order valence-electron chi connectivity index (χ2n) is 4.79. The molecule has 1 aromatic carbocycles. The number of amidine groups is 1. The lowest BCUT2D eigenvalue weighted by molar-refractivity contribution is -0.140. The quantitative estimate of drug-likeness (QED) is 0.815. The van der Waals surface area contributed by atoms with E-state index in [-0.39, 0.29) is 30.4 Å². The number of para-hydroxylation sites is 1. The summed E-state index contributed by atoms with van der Waals surface area (Å²) in [5, 5.41) is 1.28. The largest absolute Gasteiger partial charge is 0.469 e. The number of nitrogens with zero attached hydrogens (tertiary/aromatic N) is 2. The van der Waals surface area contributed by atoms with Gasteiger partial charge in [0.1, 0.15) is 6.04 Å². The molecule has 0 aliphatic carbocycles. The summed E-state index contributed by atoms with van der Waals surface area (Å²) in [6, 6.07) is 8.09. The van der Waals surface area contributed by atoms with E-state index >= 15 is 0 Å². The minimum Gasteiger partial charge on any atom is -0.469 e. The van der Waals surface area contributed by atoms with Gasteiger partial charge in [-0.25, -0.2) is 5.01 Å². The molecule has 0 saturated carbocycles. The Kier molecular flexibility index (Phi) is 4.88. The zero-order chi connectivity index (χ0) is 16.1. The van der Waals surface area contributed by atoms with Gasteiger partial charge in [-0.1, -0.05) is 18.2 Å². The van der Waals surface area contributed by atoms with E-state index in [4.69, 9.17) is 0 Å². The van der Waals surface area contributed by atoms with Gasteiger partial charge in [-0.05, 0) is 18.6 Å². The number of hydrogen-bond donors (Lipinski definition) is 1. The molecule has 1 atom stereocenters. The van der Waals surface area contributed by atoms with Gasteiger partial charge in [0.2, 0.25) is 0 Å². The number of ether oxygens (including phenoxy) is 1. The van der Waals surface area contributed by atoms with Gasteiger partial charge in [0.25, 0.3) is 5.91 Å². The normalized spacial score (nSPS) is 17.5. The van der Waals surface area contributed by atoms with Crippen molar-refractivity contribution in [3.8, 4) is 0 Å². The first-order chi connectivity index (χ1) is 10.5. The van der Waals surface area contributed by atoms with Crippen LogP contribution in [0.3, 0.4) is 0 Å². The Labute approximate surface area is 127 Å². The molecule has 22 heavy (non-hydrogen) atoms. The Bertz CT molecular complexity index is 612. The first kappa shape index (κ1) is 15.7. The molecule has 1 aromatic rings. The summed E-state index contributed by atoms with van der Waals surface area (Å²) in [5.74, 6) is -0.924. The number of amides is 1. The second-order valence-corrected chi connectivity index (χ2v) is 4.79. The standard InChI is InChI=1S/C15H17N3O4/c1-10(19)14-16-12(8-9-13(20)22-2)15(21)18(17-14)11-6-4-3-5-7-11/h3-7,12H,8-9H2,1-2H3,(H,16,17). The van der Waals surface area contributed by atoms with Crippen LogP contribution >= 0.6 is 0 Å². The molecule has 1 amide bonds. The number of hydrazine groups is 1. The number of Topliss-reactive ketones (excluding diaryl/α,β-unsaturated/α-hetero) is 1. The van der Waals surface area contributed by atoms with Crippen LogP contribution in [-0.2, 0) is 19.1 Å². The molecule has 116 valence electrons. The molecule has 1 aliphatic heterocycles. The number of esters is 1. The van der Waals surface area contributed by atoms with E-state index in [1.54, 1.807) is 24.3 Å². The molecule has 0 aromatic heterocycles. The molecule has 1 aliphatic rings. The number of carbonyl (C=O) groups is 3. The number of benzene rings is 1. The molecule has 7 heteroatoms. The number of rotatable bonds is 5. The van der Waals surface area contributed by atoms with Gasteiger partial charge in [-0.2, -0.15) is 0 Å². The van der Waals surface area contributed by atoms with Crippen molar-refractivity contribution in [3.63, 3.8) is 0 Å². The van der Waals surface area contributed by atoms with Gasteiger partial charge in [-0.15, -0.1) is 0 Å². The van der Waals surface area contributed by atoms with Gasteiger partial charge in [-0.3, -0.25) is 24.8 Å². The van der Waals surface area contributed by atoms with E-state index in [0.29, 0.717) is 5.69 Å². The highest BCUT2D eigenvalue weighted by Gasteiger charge is 2.32. The van der Waals surface area contributed by atoms with Crippen LogP contribution in [0.1, 0.15) is 19.8 Å². The van der Waals surface area contributed by atoms with Gasteiger partial charge in [0.05, 0.1) is 12.8 Å². The highest BCUT2D eigenvalue weighted by molar-refractivity contribution is 6.39. The number of carbonyl (C=O) groups excluding carboxylic acids is 3. The van der Waals surface area contributed by atoms with Gasteiger partial charge >= 0.3 is 5.97 Å². The first-order valence-corrected chi connectivity index (χ1v) is 6.84. The summed E-state index contributed by atoms with van der Waals surface area (Å²) in [6.07, 6.45) is 0.248. The molecule has 0 bridgehead atoms. The Morgan fingerprint density at radius 3 is 2.59 bits per heavy atom. The van der Waals surface area contributed by atoms with E-state index in [2.05, 4.69) is 15.2 Å². The lowest BCUT2D eigenvalue weighted by Gasteiger charge is -2.31. The lowest BCUT2D eigenvalue weighted by atomic mass is 10.1. The fourth-order valence-electron chi connectivity index (χ4n) is 2.03. The molecule has 0 spiro atoms. The van der Waals surface area contributed by atoms with Crippen LogP contribution in [0.5, 0.6) is 0 Å². The van der Waals surface area contributed by atoms with Gasteiger partial charge in [0.15, 0.2) is 11.6 Å². The van der Waals surface area contributed by atoms with Crippen molar-refractivity contribution in [2.45, 2.75) is 25.8 Å². The molecule has 0 fully saturated rings. The summed E-state index contributed by atoms with van der Waals surface area (Å²) in [6.45, 7) is 1.36. The Morgan fingerprint density at radius 1 is 1.32 bits per heavy atom. The number of anilines is 1. The Morgan fingerprint density at radius 2 is 2.00 bits per heavy atom. The number of nitrogens with one attached hydrogen (secondary N) is 1. The molecular weight excluding hydrogens is 286 g/mol. The van der Waals surface area contributed by atoms with Gasteiger partial charge in [0, 0.05) is 13.3 Å². The van der Waals surface area contributed by atoms with E-state index in [1.807, 2.05) is 6.07 Å². The van der Waals surface area contributed by atoms with Gasteiger partial charge < -0.3 is 4.74 Å². The van der Waals surface area contributed by atoms with E-state index < -0.39 is 12.0 Å². The fraction of sp³-hybridized carbons (Fsp3) is 0.333. The van der Waals surface area contributed by atoms with Crippen molar-refractivity contribution in [2.24, 2.45) is 4.99 Å². The fourth-order valence-corrected chi connectivity index (χ4v) is 2.03. The van der Waals surface area contributed by atoms with E-state index in [1.165, 1.54) is 19.0 Å². The highest BCUT2D eigenvalue weighted by atomic mass is 16.5. The molecule has 7 nitrogen and oxygen atoms in total. The van der Waals surface area contributed by atoms with Crippen LogP contribution in [-0.4, -0.2) is 36.6 Å². The average Bonchev–Trinajstić information content (AvgIpc) is 2.54. The minimum atomic E-state index is -0.792. The summed E-state index contributed by atoms with van der Waals surface area (Å²) in [4.78, 5) is 39.4. The molecule has 0 radical (unpaired) electrons. The van der Waals surface area contributed by atoms with E-state index in [9.17, 15) is 14.4 Å². The Hall–Kier alpha value is -2.70. The second kappa shape index (κ2) is 6.84. The highest BCUT2D eigenvalue weighted by Crippen LogP contribution is 2.18. The van der Waals surface area contributed by atoms with Crippen LogP contribution in [0.15, 0.2) is 35.3 Å². The lowest BCUT2D eigenvalue weighted by Crippen LogP contribution is -2.56. The molecule has 1 unspecified atom stereocenters. The maximum absolute atomic E-state index is 12.5. The molecule has 1 heterocycles. The monoisotopic (exact) mass is 303 g/mol. The molecular formula is C15H17N3O4. The summed E-state index contributed by atoms with van der Waals surface area (Å²) >= 11 is 0. The van der Waals surface area contributed by atoms with Crippen molar-refractivity contribution >= 4 is 29.2 Å². The van der Waals surface area contributed by atoms with Crippen molar-refractivity contribution < 1.29 is 19.1 Å². The smallest absolute Gasteiger partial charge is 0.305 e. The average molecular weight is 303 g/mol. The minimum absolute atomic E-state index is 0.0597. The van der Waals surface area contributed by atoms with Crippen molar-refractivity contribution in [2.75, 3.05) is 12.1 Å². The predicted octanol–water partition coefficient (Wildman–Crippen LogP) is 0.847. The zero-order valence-corrected chi connectivity index (χ0v) is 12.4. The third kappa shape index (κ3) is 3.49. The van der Waals surface area contributed by atoms with Crippen LogP contribution in [0.4, 0.5) is 5.69 Å². The van der Waals surface area contributed by atoms with Crippen molar-refractivity contribution in [1.29, 1.82) is 0 Å². The van der Waals surface area contributed by atoms with E-state index in [0.717, 1.165) is 0 Å².